The molecule has 218 valence electrons. The standard InChI is InChI=1S/C34H38N4O4/c1-4-22-20-25(13-14-26(22)23-16-18-35-19-17-23)42-30-15-12-24-8-6-9-27(32(24)30)29-10-7-11-31(37-29)38-33(40-3)28(21-36-38)34(39)41-5-2/h6-11,13-14,20-21,23,30,35H,4-5,12,15-19H2,1-3H3/t30-/m0/s1. The number of piperidine rings is 1. The first-order valence-corrected chi connectivity index (χ1v) is 15.0. The molecule has 0 unspecified atom stereocenters. The number of hydrogen-bond acceptors (Lipinski definition) is 7. The quantitative estimate of drug-likeness (QED) is 0.241. The zero-order chi connectivity index (χ0) is 29.1. The second-order valence-electron chi connectivity index (χ2n) is 10.8. The van der Waals surface area contributed by atoms with E-state index in [2.05, 4.69) is 53.7 Å². The molecule has 1 fully saturated rings. The minimum atomic E-state index is -0.479. The molecule has 2 aromatic carbocycles. The van der Waals surface area contributed by atoms with Crippen molar-refractivity contribution in [2.75, 3.05) is 26.8 Å². The van der Waals surface area contributed by atoms with Crippen LogP contribution in [0.5, 0.6) is 11.6 Å². The maximum atomic E-state index is 12.4. The van der Waals surface area contributed by atoms with Gasteiger partial charge in [0.1, 0.15) is 17.4 Å². The molecule has 1 N–H and O–H groups in total. The van der Waals surface area contributed by atoms with Crippen LogP contribution in [-0.2, 0) is 17.6 Å². The van der Waals surface area contributed by atoms with E-state index in [1.807, 2.05) is 18.2 Å². The van der Waals surface area contributed by atoms with Crippen LogP contribution in [0.15, 0.2) is 60.8 Å². The van der Waals surface area contributed by atoms with Gasteiger partial charge in [-0.25, -0.2) is 9.78 Å². The molecular weight excluding hydrogens is 528 g/mol. The van der Waals surface area contributed by atoms with Gasteiger partial charge in [-0.05, 0) is 99.0 Å². The van der Waals surface area contributed by atoms with E-state index >= 15 is 0 Å². The summed E-state index contributed by atoms with van der Waals surface area (Å²) in [5.74, 6) is 1.90. The van der Waals surface area contributed by atoms with E-state index in [4.69, 9.17) is 19.2 Å². The van der Waals surface area contributed by atoms with Crippen LogP contribution in [0.1, 0.15) is 77.7 Å². The number of rotatable bonds is 9. The normalized spacial score (nSPS) is 16.7. The number of ether oxygens (including phenoxy) is 3. The highest BCUT2D eigenvalue weighted by Gasteiger charge is 2.29. The lowest BCUT2D eigenvalue weighted by Gasteiger charge is -2.26. The number of benzene rings is 2. The fraction of sp³-hybridized carbons (Fsp3) is 0.382. The molecule has 42 heavy (non-hydrogen) atoms. The van der Waals surface area contributed by atoms with Crippen molar-refractivity contribution in [2.24, 2.45) is 0 Å². The van der Waals surface area contributed by atoms with Crippen LogP contribution in [0.4, 0.5) is 0 Å². The van der Waals surface area contributed by atoms with Crippen LogP contribution in [0.3, 0.4) is 0 Å². The molecule has 0 radical (unpaired) electrons. The third kappa shape index (κ3) is 5.39. The van der Waals surface area contributed by atoms with Gasteiger partial charge in [-0.2, -0.15) is 9.78 Å². The smallest absolute Gasteiger partial charge is 0.345 e. The summed E-state index contributed by atoms with van der Waals surface area (Å²) in [6, 6.07) is 18.9. The number of nitrogens with zero attached hydrogens (tertiary/aromatic N) is 3. The zero-order valence-electron chi connectivity index (χ0n) is 24.6. The fourth-order valence-corrected chi connectivity index (χ4v) is 6.38. The topological polar surface area (TPSA) is 87.5 Å². The van der Waals surface area contributed by atoms with Crippen LogP contribution < -0.4 is 14.8 Å². The van der Waals surface area contributed by atoms with Crippen molar-refractivity contribution in [1.29, 1.82) is 0 Å². The maximum absolute atomic E-state index is 12.4. The molecule has 1 aliphatic carbocycles. The average Bonchev–Trinajstić information content (AvgIpc) is 3.66. The van der Waals surface area contributed by atoms with Gasteiger partial charge in [0.05, 0.1) is 25.6 Å². The molecule has 6 rings (SSSR count). The summed E-state index contributed by atoms with van der Waals surface area (Å²) < 4.78 is 19.0. The van der Waals surface area contributed by atoms with Gasteiger partial charge in [-0.3, -0.25) is 0 Å². The summed E-state index contributed by atoms with van der Waals surface area (Å²) in [5.41, 5.74) is 7.44. The van der Waals surface area contributed by atoms with Gasteiger partial charge in [-0.1, -0.05) is 37.3 Å². The summed E-state index contributed by atoms with van der Waals surface area (Å²) in [4.78, 5) is 17.4. The van der Waals surface area contributed by atoms with Crippen LogP contribution in [-0.4, -0.2) is 47.5 Å². The molecule has 4 aromatic rings. The Morgan fingerprint density at radius 3 is 2.67 bits per heavy atom. The van der Waals surface area contributed by atoms with Crippen molar-refractivity contribution in [3.05, 3.63) is 88.6 Å². The highest BCUT2D eigenvalue weighted by atomic mass is 16.5. The van der Waals surface area contributed by atoms with E-state index in [1.165, 1.54) is 53.1 Å². The average molecular weight is 567 g/mol. The summed E-state index contributed by atoms with van der Waals surface area (Å²) >= 11 is 0. The summed E-state index contributed by atoms with van der Waals surface area (Å²) in [7, 11) is 1.51. The van der Waals surface area contributed by atoms with E-state index in [0.717, 1.165) is 49.4 Å². The first kappa shape index (κ1) is 28.0. The first-order valence-electron chi connectivity index (χ1n) is 15.0. The minimum Gasteiger partial charge on any atom is -0.486 e. The number of esters is 1. The zero-order valence-corrected chi connectivity index (χ0v) is 24.6. The molecule has 1 saturated heterocycles. The van der Waals surface area contributed by atoms with Gasteiger partial charge >= 0.3 is 5.97 Å². The van der Waals surface area contributed by atoms with Gasteiger partial charge in [0, 0.05) is 11.1 Å². The number of carbonyl (C=O) groups is 1. The molecule has 2 aliphatic rings. The predicted octanol–water partition coefficient (Wildman–Crippen LogP) is 6.22. The number of methoxy groups -OCH3 is 1. The van der Waals surface area contributed by atoms with Gasteiger partial charge in [0.25, 0.3) is 0 Å². The summed E-state index contributed by atoms with van der Waals surface area (Å²) in [5, 5.41) is 7.87. The highest BCUT2D eigenvalue weighted by Crippen LogP contribution is 2.42. The molecule has 0 spiro atoms. The monoisotopic (exact) mass is 566 g/mol. The Balaban J connectivity index is 1.30. The van der Waals surface area contributed by atoms with Gasteiger partial charge < -0.3 is 19.5 Å². The number of carbonyl (C=O) groups excluding carboxylic acids is 1. The Labute approximate surface area is 247 Å². The van der Waals surface area contributed by atoms with Crippen molar-refractivity contribution in [3.8, 4) is 28.7 Å². The Kier molecular flexibility index (Phi) is 8.24. The molecule has 1 atom stereocenters. The molecule has 3 heterocycles. The SMILES string of the molecule is CCOC(=O)c1cnn(-c2cccc(-c3cccc4c3[C@@H](Oc3ccc(C5CCNCC5)c(CC)c3)CC4)n2)c1OC. The maximum Gasteiger partial charge on any atom is 0.345 e. The Morgan fingerprint density at radius 2 is 1.88 bits per heavy atom. The minimum absolute atomic E-state index is 0.0641. The van der Waals surface area contributed by atoms with Crippen LogP contribution in [0, 0.1) is 0 Å². The van der Waals surface area contributed by atoms with E-state index in [0.29, 0.717) is 11.7 Å². The van der Waals surface area contributed by atoms with Crippen molar-refractivity contribution in [1.82, 2.24) is 20.1 Å². The third-order valence-corrected chi connectivity index (χ3v) is 8.39. The van der Waals surface area contributed by atoms with Crippen molar-refractivity contribution in [2.45, 2.75) is 58.0 Å². The van der Waals surface area contributed by atoms with Crippen molar-refractivity contribution >= 4 is 5.97 Å². The number of aryl methyl sites for hydroxylation is 2. The molecular formula is C34H38N4O4. The van der Waals surface area contributed by atoms with Gasteiger partial charge in [0.15, 0.2) is 5.82 Å². The van der Waals surface area contributed by atoms with E-state index in [-0.39, 0.29) is 24.2 Å². The van der Waals surface area contributed by atoms with E-state index < -0.39 is 5.97 Å². The summed E-state index contributed by atoms with van der Waals surface area (Å²) in [6.07, 6.45) is 6.63. The molecule has 2 aromatic heterocycles. The van der Waals surface area contributed by atoms with E-state index in [1.54, 1.807) is 6.92 Å². The third-order valence-electron chi connectivity index (χ3n) is 8.39. The van der Waals surface area contributed by atoms with Gasteiger partial charge in [0.2, 0.25) is 5.88 Å². The predicted molar refractivity (Wildman–Crippen MR) is 162 cm³/mol. The second-order valence-corrected chi connectivity index (χ2v) is 10.8. The van der Waals surface area contributed by atoms with Crippen LogP contribution >= 0.6 is 0 Å². The second kappa shape index (κ2) is 12.4. The Bertz CT molecular complexity index is 1570. The number of pyridine rings is 1. The Morgan fingerprint density at radius 1 is 1.05 bits per heavy atom. The first-order chi connectivity index (χ1) is 20.6. The molecule has 0 saturated carbocycles. The lowest BCUT2D eigenvalue weighted by molar-refractivity contribution is 0.0522. The van der Waals surface area contributed by atoms with Gasteiger partial charge in [-0.15, -0.1) is 0 Å². The fourth-order valence-electron chi connectivity index (χ4n) is 6.38. The molecule has 0 bridgehead atoms. The largest absolute Gasteiger partial charge is 0.486 e. The number of aromatic nitrogens is 3. The molecule has 1 aliphatic heterocycles. The molecule has 8 heteroatoms. The number of nitrogens with one attached hydrogen (secondary N) is 1. The number of fused-ring (bicyclic) bond motifs is 1. The van der Waals surface area contributed by atoms with E-state index in [9.17, 15) is 4.79 Å². The van der Waals surface area contributed by atoms with Crippen LogP contribution in [0.2, 0.25) is 0 Å². The van der Waals surface area contributed by atoms with Crippen molar-refractivity contribution in [3.63, 3.8) is 0 Å². The lowest BCUT2D eigenvalue weighted by atomic mass is 9.86. The summed E-state index contributed by atoms with van der Waals surface area (Å²) in [6.45, 7) is 6.44. The van der Waals surface area contributed by atoms with Crippen molar-refractivity contribution < 1.29 is 19.0 Å². The molecule has 0 amide bonds. The highest BCUT2D eigenvalue weighted by molar-refractivity contribution is 5.91. The molecule has 8 nitrogen and oxygen atoms in total. The Hall–Kier alpha value is -4.17. The number of hydrogen-bond donors (Lipinski definition) is 1. The lowest BCUT2D eigenvalue weighted by Crippen LogP contribution is -2.27. The van der Waals surface area contributed by atoms with Crippen LogP contribution in [0.25, 0.3) is 17.1 Å².